The van der Waals surface area contributed by atoms with Crippen LogP contribution >= 0.6 is 0 Å². The van der Waals surface area contributed by atoms with E-state index in [-0.39, 0.29) is 0 Å². The van der Waals surface area contributed by atoms with E-state index in [1.54, 1.807) is 0 Å². The fourth-order valence-electron chi connectivity index (χ4n) is 1.66. The van der Waals surface area contributed by atoms with Crippen molar-refractivity contribution in [2.75, 3.05) is 6.26 Å². The highest BCUT2D eigenvalue weighted by atomic mass is 32.2. The fourth-order valence-corrected chi connectivity index (χ4v) is 2.58. The minimum absolute atomic E-state index is 0.367. The summed E-state index contributed by atoms with van der Waals surface area (Å²) >= 11 is 0. The standard InChI is InChI=1S/C10H13N3OS/c1-3-13-9-7-5-4-6-8(9)12-10(13)15(2,11)14/h4-7,11H,3H2,1-2H3/t15-/m1/s1. The van der Waals surface area contributed by atoms with Crippen molar-refractivity contribution >= 4 is 20.8 Å². The highest BCUT2D eigenvalue weighted by Gasteiger charge is 2.14. The fraction of sp³-hybridized carbons (Fsp3) is 0.300. The van der Waals surface area contributed by atoms with Crippen LogP contribution in [0, 0.1) is 4.78 Å². The van der Waals surface area contributed by atoms with Gasteiger partial charge in [0.15, 0.2) is 0 Å². The van der Waals surface area contributed by atoms with E-state index in [4.69, 9.17) is 4.78 Å². The Labute approximate surface area is 88.9 Å². The second-order valence-corrected chi connectivity index (χ2v) is 5.52. The summed E-state index contributed by atoms with van der Waals surface area (Å²) in [6.07, 6.45) is 1.40. The van der Waals surface area contributed by atoms with Gasteiger partial charge in [0.2, 0.25) is 5.16 Å². The number of hydrogen-bond acceptors (Lipinski definition) is 3. The van der Waals surface area contributed by atoms with E-state index in [0.717, 1.165) is 11.0 Å². The zero-order valence-corrected chi connectivity index (χ0v) is 9.54. The predicted octanol–water partition coefficient (Wildman–Crippen LogP) is 2.09. The van der Waals surface area contributed by atoms with E-state index in [0.29, 0.717) is 11.7 Å². The molecule has 1 aromatic heterocycles. The number of rotatable bonds is 2. The lowest BCUT2D eigenvalue weighted by atomic mass is 10.3. The minimum Gasteiger partial charge on any atom is -0.316 e. The number of benzene rings is 1. The van der Waals surface area contributed by atoms with Crippen molar-refractivity contribution in [2.24, 2.45) is 0 Å². The zero-order valence-electron chi connectivity index (χ0n) is 8.73. The molecule has 5 heteroatoms. The molecule has 0 amide bonds. The molecular weight excluding hydrogens is 210 g/mol. The quantitative estimate of drug-likeness (QED) is 0.847. The van der Waals surface area contributed by atoms with Gasteiger partial charge in [0, 0.05) is 12.8 Å². The third-order valence-electron chi connectivity index (χ3n) is 2.28. The molecule has 1 aromatic carbocycles. The third-order valence-corrected chi connectivity index (χ3v) is 3.29. The third kappa shape index (κ3) is 1.63. The van der Waals surface area contributed by atoms with Crippen LogP contribution in [-0.4, -0.2) is 20.0 Å². The molecule has 0 bridgehead atoms. The normalized spacial score (nSPS) is 15.3. The first-order valence-corrected chi connectivity index (χ1v) is 6.69. The van der Waals surface area contributed by atoms with Crippen molar-refractivity contribution < 1.29 is 4.21 Å². The van der Waals surface area contributed by atoms with Gasteiger partial charge in [-0.1, -0.05) is 12.1 Å². The van der Waals surface area contributed by atoms with Gasteiger partial charge in [-0.05, 0) is 19.1 Å². The number of aryl methyl sites for hydroxylation is 1. The summed E-state index contributed by atoms with van der Waals surface area (Å²) in [5.74, 6) is 0. The lowest BCUT2D eigenvalue weighted by Gasteiger charge is -2.04. The Kier molecular flexibility index (Phi) is 2.26. The van der Waals surface area contributed by atoms with E-state index < -0.39 is 9.73 Å². The van der Waals surface area contributed by atoms with Crippen LogP contribution in [0.4, 0.5) is 0 Å². The maximum Gasteiger partial charge on any atom is 0.208 e. The average Bonchev–Trinajstić information content (AvgIpc) is 2.55. The summed E-state index contributed by atoms with van der Waals surface area (Å²) in [7, 11) is -2.76. The Balaban J connectivity index is 2.87. The highest BCUT2D eigenvalue weighted by Crippen LogP contribution is 2.19. The molecule has 4 nitrogen and oxygen atoms in total. The average molecular weight is 223 g/mol. The van der Waals surface area contributed by atoms with Crippen LogP contribution in [0.2, 0.25) is 0 Å². The molecule has 0 saturated carbocycles. The van der Waals surface area contributed by atoms with Crippen molar-refractivity contribution in [3.05, 3.63) is 24.3 Å². The van der Waals surface area contributed by atoms with Crippen LogP contribution < -0.4 is 0 Å². The minimum atomic E-state index is -2.76. The molecule has 0 unspecified atom stereocenters. The van der Waals surface area contributed by atoms with E-state index in [9.17, 15) is 4.21 Å². The SMILES string of the molecule is CCn1c([S@](C)(=N)=O)nc2ccccc21. The Morgan fingerprint density at radius 3 is 2.73 bits per heavy atom. The molecule has 0 aliphatic heterocycles. The van der Waals surface area contributed by atoms with Gasteiger partial charge in [-0.25, -0.2) is 14.0 Å². The van der Waals surface area contributed by atoms with Crippen LogP contribution in [0.5, 0.6) is 0 Å². The van der Waals surface area contributed by atoms with Crippen molar-refractivity contribution in [2.45, 2.75) is 18.6 Å². The maximum atomic E-state index is 11.7. The van der Waals surface area contributed by atoms with Gasteiger partial charge in [-0.15, -0.1) is 0 Å². The molecule has 0 aliphatic rings. The van der Waals surface area contributed by atoms with Crippen LogP contribution in [0.3, 0.4) is 0 Å². The maximum absolute atomic E-state index is 11.7. The number of nitrogens with one attached hydrogen (secondary N) is 1. The molecule has 1 atom stereocenters. The number of fused-ring (bicyclic) bond motifs is 1. The molecule has 2 aromatic rings. The van der Waals surface area contributed by atoms with Crippen LogP contribution in [-0.2, 0) is 16.3 Å². The lowest BCUT2D eigenvalue weighted by molar-refractivity contribution is 0.644. The summed E-state index contributed by atoms with van der Waals surface area (Å²) in [5, 5.41) is 0.367. The Morgan fingerprint density at radius 2 is 2.13 bits per heavy atom. The van der Waals surface area contributed by atoms with E-state index in [1.165, 1.54) is 6.26 Å². The topological polar surface area (TPSA) is 58.7 Å². The molecule has 0 radical (unpaired) electrons. The monoisotopic (exact) mass is 223 g/mol. The Morgan fingerprint density at radius 1 is 1.47 bits per heavy atom. The smallest absolute Gasteiger partial charge is 0.208 e. The molecule has 0 saturated heterocycles. The molecule has 2 rings (SSSR count). The lowest BCUT2D eigenvalue weighted by Crippen LogP contribution is -2.06. The van der Waals surface area contributed by atoms with Gasteiger partial charge in [-0.3, -0.25) is 0 Å². The first-order valence-electron chi connectivity index (χ1n) is 4.73. The number of nitrogens with zero attached hydrogens (tertiary/aromatic N) is 2. The van der Waals surface area contributed by atoms with Crippen LogP contribution in [0.25, 0.3) is 11.0 Å². The first kappa shape index (κ1) is 10.2. The Hall–Kier alpha value is -1.36. The highest BCUT2D eigenvalue weighted by molar-refractivity contribution is 7.91. The van der Waals surface area contributed by atoms with E-state index in [2.05, 4.69) is 4.98 Å². The predicted molar refractivity (Wildman–Crippen MR) is 60.5 cm³/mol. The molecule has 15 heavy (non-hydrogen) atoms. The number of imidazole rings is 1. The van der Waals surface area contributed by atoms with E-state index in [1.807, 2.05) is 35.8 Å². The van der Waals surface area contributed by atoms with Gasteiger partial charge < -0.3 is 4.57 Å². The van der Waals surface area contributed by atoms with Gasteiger partial charge >= 0.3 is 0 Å². The summed E-state index contributed by atoms with van der Waals surface area (Å²) in [5.41, 5.74) is 1.74. The molecular formula is C10H13N3OS. The number of hydrogen-bond donors (Lipinski definition) is 1. The second kappa shape index (κ2) is 3.34. The molecule has 80 valence electrons. The molecule has 0 spiro atoms. The summed E-state index contributed by atoms with van der Waals surface area (Å²) in [4.78, 5) is 4.25. The molecule has 0 fully saturated rings. The van der Waals surface area contributed by atoms with Crippen molar-refractivity contribution in [3.63, 3.8) is 0 Å². The molecule has 0 aliphatic carbocycles. The summed E-state index contributed by atoms with van der Waals surface area (Å²) in [6.45, 7) is 2.64. The number of aromatic nitrogens is 2. The van der Waals surface area contributed by atoms with E-state index >= 15 is 0 Å². The first-order chi connectivity index (χ1) is 7.04. The van der Waals surface area contributed by atoms with Crippen LogP contribution in [0.15, 0.2) is 29.4 Å². The summed E-state index contributed by atoms with van der Waals surface area (Å²) in [6, 6.07) is 7.61. The van der Waals surface area contributed by atoms with Gasteiger partial charge in [0.05, 0.1) is 11.0 Å². The van der Waals surface area contributed by atoms with Gasteiger partial charge in [0.1, 0.15) is 9.73 Å². The summed E-state index contributed by atoms with van der Waals surface area (Å²) < 4.78 is 21.2. The largest absolute Gasteiger partial charge is 0.316 e. The number of para-hydroxylation sites is 2. The zero-order chi connectivity index (χ0) is 11.1. The second-order valence-electron chi connectivity index (χ2n) is 3.47. The van der Waals surface area contributed by atoms with Crippen molar-refractivity contribution in [1.29, 1.82) is 4.78 Å². The van der Waals surface area contributed by atoms with Crippen molar-refractivity contribution in [1.82, 2.24) is 9.55 Å². The Bertz CT molecular complexity index is 598. The van der Waals surface area contributed by atoms with Gasteiger partial charge in [-0.2, -0.15) is 0 Å². The van der Waals surface area contributed by atoms with Crippen molar-refractivity contribution in [3.8, 4) is 0 Å². The van der Waals surface area contributed by atoms with Gasteiger partial charge in [0.25, 0.3) is 0 Å². The molecule has 1 N–H and O–H groups in total. The van der Waals surface area contributed by atoms with Crippen LogP contribution in [0.1, 0.15) is 6.92 Å². The molecule has 1 heterocycles.